The summed E-state index contributed by atoms with van der Waals surface area (Å²) >= 11 is 0. The molecular weight excluding hydrogens is 398 g/mol. The number of aryl methyl sites for hydroxylation is 1. The summed E-state index contributed by atoms with van der Waals surface area (Å²) in [6, 6.07) is 9.08. The number of fused-ring (bicyclic) bond motifs is 1. The highest BCUT2D eigenvalue weighted by Crippen LogP contribution is 2.32. The monoisotopic (exact) mass is 421 g/mol. The molecule has 0 amide bonds. The minimum Gasteiger partial charge on any atom is -0.497 e. The molecule has 9 nitrogen and oxygen atoms in total. The molecule has 0 fully saturated rings. The number of rotatable bonds is 7. The fraction of sp³-hybridized carbons (Fsp3) is 0.227. The Hall–Kier alpha value is -3.85. The largest absolute Gasteiger partial charge is 0.497 e. The van der Waals surface area contributed by atoms with Crippen LogP contribution in [0.1, 0.15) is 0 Å². The van der Waals surface area contributed by atoms with Crippen LogP contribution in [0.15, 0.2) is 59.9 Å². The lowest BCUT2D eigenvalue weighted by atomic mass is 10.2. The fourth-order valence-corrected chi connectivity index (χ4v) is 3.44. The number of aliphatic hydroxyl groups is 1. The summed E-state index contributed by atoms with van der Waals surface area (Å²) in [5.74, 6) is 1.24. The molecule has 0 radical (unpaired) electrons. The summed E-state index contributed by atoms with van der Waals surface area (Å²) in [6.07, 6.45) is 6.68. The van der Waals surface area contributed by atoms with Crippen molar-refractivity contribution in [3.8, 4) is 22.6 Å². The first-order valence-corrected chi connectivity index (χ1v) is 9.66. The molecule has 4 rings (SSSR count). The maximum absolute atomic E-state index is 13.2. The van der Waals surface area contributed by atoms with E-state index in [4.69, 9.17) is 9.47 Å². The molecule has 0 spiro atoms. The zero-order valence-corrected chi connectivity index (χ0v) is 17.5. The molecule has 3 aromatic heterocycles. The van der Waals surface area contributed by atoms with Crippen LogP contribution in [0.2, 0.25) is 0 Å². The molecule has 0 aliphatic rings. The average Bonchev–Trinajstić information content (AvgIpc) is 3.23. The number of aliphatic hydroxyl groups excluding tert-OH is 1. The molecule has 0 bridgehead atoms. The van der Waals surface area contributed by atoms with Crippen molar-refractivity contribution in [3.05, 3.63) is 65.5 Å². The summed E-state index contributed by atoms with van der Waals surface area (Å²) in [5.41, 5.74) is 2.95. The summed E-state index contributed by atoms with van der Waals surface area (Å²) in [4.78, 5) is 19.5. The van der Waals surface area contributed by atoms with Crippen molar-refractivity contribution in [3.63, 3.8) is 0 Å². The molecule has 3 heterocycles. The van der Waals surface area contributed by atoms with Crippen LogP contribution in [-0.4, -0.2) is 51.6 Å². The van der Waals surface area contributed by atoms with Crippen molar-refractivity contribution in [1.29, 1.82) is 0 Å². The molecule has 0 saturated heterocycles. The Balaban J connectivity index is 1.85. The number of nitrogens with zero attached hydrogens (tertiary/aromatic N) is 5. The predicted molar refractivity (Wildman–Crippen MR) is 117 cm³/mol. The van der Waals surface area contributed by atoms with Crippen molar-refractivity contribution in [2.75, 3.05) is 32.3 Å². The van der Waals surface area contributed by atoms with E-state index >= 15 is 0 Å². The molecular formula is C22H23N5O4. The first kappa shape index (κ1) is 20.4. The third-order valence-electron chi connectivity index (χ3n) is 4.99. The van der Waals surface area contributed by atoms with E-state index in [1.165, 1.54) is 4.40 Å². The van der Waals surface area contributed by atoms with Crippen molar-refractivity contribution in [1.82, 2.24) is 19.2 Å². The van der Waals surface area contributed by atoms with Gasteiger partial charge in [0.15, 0.2) is 0 Å². The van der Waals surface area contributed by atoms with Gasteiger partial charge in [-0.3, -0.25) is 13.9 Å². The minimum atomic E-state index is -0.202. The van der Waals surface area contributed by atoms with Gasteiger partial charge in [0.2, 0.25) is 0 Å². The number of hydrogen-bond acceptors (Lipinski definition) is 7. The third-order valence-corrected chi connectivity index (χ3v) is 4.99. The number of hydrogen-bond donors (Lipinski definition) is 1. The zero-order valence-electron chi connectivity index (χ0n) is 17.5. The van der Waals surface area contributed by atoms with Gasteiger partial charge in [-0.05, 0) is 12.1 Å². The van der Waals surface area contributed by atoms with Crippen LogP contribution in [0, 0.1) is 0 Å². The van der Waals surface area contributed by atoms with Crippen LogP contribution in [-0.2, 0) is 7.05 Å². The molecule has 0 aliphatic heterocycles. The third kappa shape index (κ3) is 3.95. The number of pyridine rings is 1. The average molecular weight is 421 g/mol. The van der Waals surface area contributed by atoms with Gasteiger partial charge in [-0.25, -0.2) is 4.98 Å². The second-order valence-corrected chi connectivity index (χ2v) is 6.94. The summed E-state index contributed by atoms with van der Waals surface area (Å²) in [5, 5.41) is 13.8. The standard InChI is InChI=1S/C22H23N5O4/c1-25-13-15(11-24-25)20-12-23-21-5-4-16(14-27(21)22(20)29)26(6-7-28)17-8-18(30-2)10-19(9-17)31-3/h4-5,8-14,28H,6-7H2,1-3H3. The molecule has 1 N–H and O–H groups in total. The van der Waals surface area contributed by atoms with Gasteiger partial charge in [0, 0.05) is 61.6 Å². The number of methoxy groups -OCH3 is 2. The highest BCUT2D eigenvalue weighted by Gasteiger charge is 2.15. The van der Waals surface area contributed by atoms with E-state index in [9.17, 15) is 9.90 Å². The maximum atomic E-state index is 13.2. The Morgan fingerprint density at radius 2 is 1.77 bits per heavy atom. The van der Waals surface area contributed by atoms with Gasteiger partial charge in [0.1, 0.15) is 17.1 Å². The Kier molecular flexibility index (Phi) is 5.59. The van der Waals surface area contributed by atoms with E-state index in [0.717, 1.165) is 5.69 Å². The molecule has 0 unspecified atom stereocenters. The van der Waals surface area contributed by atoms with Crippen LogP contribution in [0.25, 0.3) is 16.8 Å². The fourth-order valence-electron chi connectivity index (χ4n) is 3.44. The highest BCUT2D eigenvalue weighted by molar-refractivity contribution is 5.68. The molecule has 9 heteroatoms. The maximum Gasteiger partial charge on any atom is 0.265 e. The zero-order chi connectivity index (χ0) is 22.0. The van der Waals surface area contributed by atoms with Crippen LogP contribution in [0.5, 0.6) is 11.5 Å². The first-order valence-electron chi connectivity index (χ1n) is 9.66. The second-order valence-electron chi connectivity index (χ2n) is 6.94. The minimum absolute atomic E-state index is 0.0829. The van der Waals surface area contributed by atoms with E-state index in [-0.39, 0.29) is 12.2 Å². The van der Waals surface area contributed by atoms with Gasteiger partial charge in [0.25, 0.3) is 5.56 Å². The van der Waals surface area contributed by atoms with Crippen molar-refractivity contribution in [2.24, 2.45) is 7.05 Å². The van der Waals surface area contributed by atoms with E-state index in [2.05, 4.69) is 10.1 Å². The van der Waals surface area contributed by atoms with Gasteiger partial charge < -0.3 is 19.5 Å². The number of anilines is 2. The van der Waals surface area contributed by atoms with Crippen molar-refractivity contribution >= 4 is 17.0 Å². The normalized spacial score (nSPS) is 11.0. The van der Waals surface area contributed by atoms with Crippen LogP contribution >= 0.6 is 0 Å². The lowest BCUT2D eigenvalue weighted by Gasteiger charge is -2.25. The Morgan fingerprint density at radius 3 is 2.39 bits per heavy atom. The van der Waals surface area contributed by atoms with Gasteiger partial charge >= 0.3 is 0 Å². The summed E-state index contributed by atoms with van der Waals surface area (Å²) < 4.78 is 13.9. The Bertz CT molecular complexity index is 1260. The lowest BCUT2D eigenvalue weighted by Crippen LogP contribution is -2.23. The Labute approximate surface area is 178 Å². The number of benzene rings is 1. The van der Waals surface area contributed by atoms with Crippen molar-refractivity contribution in [2.45, 2.75) is 0 Å². The molecule has 4 aromatic rings. The number of ether oxygens (including phenoxy) is 2. The van der Waals surface area contributed by atoms with Gasteiger partial charge in [-0.15, -0.1) is 0 Å². The molecule has 0 atom stereocenters. The second kappa shape index (κ2) is 8.49. The predicted octanol–water partition coefficient (Wildman–Crippen LogP) is 2.24. The number of aromatic nitrogens is 4. The van der Waals surface area contributed by atoms with Gasteiger partial charge in [-0.2, -0.15) is 5.10 Å². The summed E-state index contributed by atoms with van der Waals surface area (Å²) in [7, 11) is 4.95. The Morgan fingerprint density at radius 1 is 1.03 bits per heavy atom. The lowest BCUT2D eigenvalue weighted by molar-refractivity contribution is 0.305. The van der Waals surface area contributed by atoms with E-state index in [1.807, 2.05) is 23.1 Å². The SMILES string of the molecule is COc1cc(OC)cc(N(CCO)c2ccc3ncc(-c4cnn(C)c4)c(=O)n3c2)c1. The van der Waals surface area contributed by atoms with Crippen LogP contribution in [0.4, 0.5) is 11.4 Å². The molecule has 0 saturated carbocycles. The molecule has 1 aromatic carbocycles. The molecule has 0 aliphatic carbocycles. The van der Waals surface area contributed by atoms with E-state index in [0.29, 0.717) is 40.5 Å². The summed E-state index contributed by atoms with van der Waals surface area (Å²) in [6.45, 7) is 0.229. The van der Waals surface area contributed by atoms with Crippen LogP contribution in [0.3, 0.4) is 0 Å². The quantitative estimate of drug-likeness (QED) is 0.489. The topological polar surface area (TPSA) is 94.1 Å². The van der Waals surface area contributed by atoms with Gasteiger partial charge in [-0.1, -0.05) is 0 Å². The van der Waals surface area contributed by atoms with E-state index in [1.54, 1.807) is 62.9 Å². The highest BCUT2D eigenvalue weighted by atomic mass is 16.5. The smallest absolute Gasteiger partial charge is 0.265 e. The van der Waals surface area contributed by atoms with Crippen LogP contribution < -0.4 is 19.9 Å². The van der Waals surface area contributed by atoms with Gasteiger partial charge in [0.05, 0.1) is 38.3 Å². The van der Waals surface area contributed by atoms with Crippen molar-refractivity contribution < 1.29 is 14.6 Å². The first-order chi connectivity index (χ1) is 15.0. The molecule has 160 valence electrons. The molecule has 31 heavy (non-hydrogen) atoms. The van der Waals surface area contributed by atoms with E-state index < -0.39 is 0 Å².